The average Bonchev–Trinajstić information content (AvgIpc) is 3.55. The van der Waals surface area contributed by atoms with Crippen molar-refractivity contribution >= 4 is 11.9 Å². The van der Waals surface area contributed by atoms with Gasteiger partial charge in [0.1, 0.15) is 17.7 Å². The summed E-state index contributed by atoms with van der Waals surface area (Å²) in [6.07, 6.45) is 6.92. The minimum atomic E-state index is -0.446. The van der Waals surface area contributed by atoms with Crippen LogP contribution >= 0.6 is 0 Å². The van der Waals surface area contributed by atoms with Gasteiger partial charge in [0.05, 0.1) is 6.33 Å². The van der Waals surface area contributed by atoms with Gasteiger partial charge in [-0.05, 0) is 41.7 Å². The van der Waals surface area contributed by atoms with E-state index in [0.29, 0.717) is 24.5 Å². The Morgan fingerprint density at radius 3 is 2.32 bits per heavy atom. The lowest BCUT2D eigenvalue weighted by Gasteiger charge is -2.23. The number of halogens is 1. The first-order valence-corrected chi connectivity index (χ1v) is 12.6. The molecule has 1 N–H and O–H groups in total. The van der Waals surface area contributed by atoms with Crippen LogP contribution in [0.15, 0.2) is 109 Å². The van der Waals surface area contributed by atoms with Crippen LogP contribution in [0.1, 0.15) is 41.5 Å². The summed E-state index contributed by atoms with van der Waals surface area (Å²) in [4.78, 5) is 23.7. The normalized spacial score (nSPS) is 16.5. The first-order chi connectivity index (χ1) is 18.2. The molecule has 7 heteroatoms. The molecule has 5 rings (SSSR count). The quantitative estimate of drug-likeness (QED) is 0.302. The van der Waals surface area contributed by atoms with Gasteiger partial charge in [0.25, 0.3) is 0 Å². The monoisotopic (exact) mass is 495 g/mol. The average molecular weight is 496 g/mol. The van der Waals surface area contributed by atoms with Crippen molar-refractivity contribution in [3.8, 4) is 0 Å². The predicted octanol–water partition coefficient (Wildman–Crippen LogP) is 5.80. The molecule has 2 heterocycles. The van der Waals surface area contributed by atoms with Gasteiger partial charge in [-0.2, -0.15) is 0 Å². The Bertz CT molecular complexity index is 1290. The van der Waals surface area contributed by atoms with Gasteiger partial charge in [0.15, 0.2) is 0 Å². The molecule has 1 saturated heterocycles. The molecule has 188 valence electrons. The van der Waals surface area contributed by atoms with Gasteiger partial charge in [0.2, 0.25) is 0 Å². The Kier molecular flexibility index (Phi) is 7.69. The number of amidine groups is 1. The SMILES string of the molecule is O=C1NC(=NCCC(c2ccccc2)c2ccccc2)C(c2cccc(F)c2)N1CCCn1ccnc1. The molecule has 1 aromatic heterocycles. The first kappa shape index (κ1) is 24.4. The lowest BCUT2D eigenvalue weighted by molar-refractivity contribution is 0.204. The molecule has 1 aliphatic heterocycles. The Morgan fingerprint density at radius 1 is 0.946 bits per heavy atom. The smallest absolute Gasteiger partial charge is 0.323 e. The highest BCUT2D eigenvalue weighted by molar-refractivity contribution is 6.07. The number of nitrogens with zero attached hydrogens (tertiary/aromatic N) is 4. The maximum Gasteiger partial charge on any atom is 0.323 e. The van der Waals surface area contributed by atoms with E-state index in [2.05, 4.69) is 58.8 Å². The summed E-state index contributed by atoms with van der Waals surface area (Å²) in [5, 5.41) is 2.96. The third-order valence-corrected chi connectivity index (χ3v) is 6.71. The van der Waals surface area contributed by atoms with Crippen LogP contribution in [0.25, 0.3) is 0 Å². The van der Waals surface area contributed by atoms with Gasteiger partial charge in [-0.1, -0.05) is 72.8 Å². The zero-order chi connectivity index (χ0) is 25.5. The van der Waals surface area contributed by atoms with E-state index in [0.717, 1.165) is 19.4 Å². The van der Waals surface area contributed by atoms with Crippen LogP contribution in [0, 0.1) is 5.82 Å². The van der Waals surface area contributed by atoms with E-state index in [4.69, 9.17) is 4.99 Å². The molecule has 1 atom stereocenters. The van der Waals surface area contributed by atoms with E-state index in [-0.39, 0.29) is 17.8 Å². The van der Waals surface area contributed by atoms with Crippen molar-refractivity contribution in [3.63, 3.8) is 0 Å². The van der Waals surface area contributed by atoms with Crippen molar-refractivity contribution in [2.45, 2.75) is 31.3 Å². The van der Waals surface area contributed by atoms with Gasteiger partial charge in [0, 0.05) is 37.9 Å². The number of amides is 2. The fourth-order valence-electron chi connectivity index (χ4n) is 4.94. The number of carbonyl (C=O) groups is 1. The van der Waals surface area contributed by atoms with Crippen LogP contribution in [-0.2, 0) is 6.54 Å². The number of hydrogen-bond acceptors (Lipinski definition) is 3. The molecule has 6 nitrogen and oxygen atoms in total. The second-order valence-corrected chi connectivity index (χ2v) is 9.16. The Morgan fingerprint density at radius 2 is 1.68 bits per heavy atom. The molecule has 1 fully saturated rings. The zero-order valence-electron chi connectivity index (χ0n) is 20.6. The third-order valence-electron chi connectivity index (χ3n) is 6.71. The fourth-order valence-corrected chi connectivity index (χ4v) is 4.94. The van der Waals surface area contributed by atoms with Crippen LogP contribution in [-0.4, -0.2) is 39.4 Å². The molecular formula is C30H30FN5O. The maximum absolute atomic E-state index is 14.2. The van der Waals surface area contributed by atoms with Crippen LogP contribution in [0.3, 0.4) is 0 Å². The fraction of sp³-hybridized carbons (Fsp3) is 0.233. The van der Waals surface area contributed by atoms with Crippen LogP contribution in [0.4, 0.5) is 9.18 Å². The number of imidazole rings is 1. The zero-order valence-corrected chi connectivity index (χ0v) is 20.6. The number of urea groups is 1. The molecule has 0 spiro atoms. The van der Waals surface area contributed by atoms with E-state index < -0.39 is 6.04 Å². The van der Waals surface area contributed by atoms with Crippen molar-refractivity contribution in [1.29, 1.82) is 0 Å². The standard InChI is InChI=1S/C30H30FN5O/c31-26-14-7-13-25(21-26)28-29(34-30(37)36(28)19-8-18-35-20-17-32-22-35)33-16-15-27(23-9-3-1-4-10-23)24-11-5-2-6-12-24/h1-7,9-14,17,20-22,27-28H,8,15-16,18-19H2,(H,33,34,37). The van der Waals surface area contributed by atoms with E-state index in [1.807, 2.05) is 29.0 Å². The number of benzene rings is 3. The summed E-state index contributed by atoms with van der Waals surface area (Å²) >= 11 is 0. The second-order valence-electron chi connectivity index (χ2n) is 9.16. The molecule has 1 unspecified atom stereocenters. The van der Waals surface area contributed by atoms with Crippen molar-refractivity contribution in [3.05, 3.63) is 126 Å². The van der Waals surface area contributed by atoms with Gasteiger partial charge >= 0.3 is 6.03 Å². The topological polar surface area (TPSA) is 62.5 Å². The number of hydrogen-bond donors (Lipinski definition) is 1. The van der Waals surface area contributed by atoms with Crippen LogP contribution in [0.5, 0.6) is 0 Å². The summed E-state index contributed by atoms with van der Waals surface area (Å²) in [7, 11) is 0. The van der Waals surface area contributed by atoms with Crippen molar-refractivity contribution in [2.75, 3.05) is 13.1 Å². The summed E-state index contributed by atoms with van der Waals surface area (Å²) in [6, 6.07) is 26.6. The minimum Gasteiger partial charge on any atom is -0.337 e. The van der Waals surface area contributed by atoms with Crippen LogP contribution < -0.4 is 5.32 Å². The molecule has 2 amide bonds. The Hall–Kier alpha value is -4.26. The number of carbonyl (C=O) groups excluding carboxylic acids is 1. The van der Waals surface area contributed by atoms with Crippen molar-refractivity contribution in [2.24, 2.45) is 4.99 Å². The summed E-state index contributed by atoms with van der Waals surface area (Å²) in [5.74, 6) is 0.420. The summed E-state index contributed by atoms with van der Waals surface area (Å²) in [5.41, 5.74) is 3.17. The van der Waals surface area contributed by atoms with E-state index in [1.165, 1.54) is 23.3 Å². The molecule has 3 aromatic carbocycles. The summed E-state index contributed by atoms with van der Waals surface area (Å²) in [6.45, 7) is 1.78. The highest BCUT2D eigenvalue weighted by Gasteiger charge is 2.37. The molecule has 4 aromatic rings. The van der Waals surface area contributed by atoms with Crippen molar-refractivity contribution in [1.82, 2.24) is 19.8 Å². The number of aryl methyl sites for hydroxylation is 1. The predicted molar refractivity (Wildman–Crippen MR) is 143 cm³/mol. The summed E-state index contributed by atoms with van der Waals surface area (Å²) < 4.78 is 16.1. The third kappa shape index (κ3) is 5.94. The van der Waals surface area contributed by atoms with Gasteiger partial charge in [-0.15, -0.1) is 0 Å². The van der Waals surface area contributed by atoms with Gasteiger partial charge in [-0.3, -0.25) is 10.3 Å². The lowest BCUT2D eigenvalue weighted by atomic mass is 9.88. The van der Waals surface area contributed by atoms with E-state index in [9.17, 15) is 9.18 Å². The van der Waals surface area contributed by atoms with E-state index >= 15 is 0 Å². The minimum absolute atomic E-state index is 0.183. The van der Waals surface area contributed by atoms with Gasteiger partial charge < -0.3 is 9.47 Å². The largest absolute Gasteiger partial charge is 0.337 e. The number of aliphatic imine (C=N–C) groups is 1. The molecule has 0 bridgehead atoms. The van der Waals surface area contributed by atoms with Gasteiger partial charge in [-0.25, -0.2) is 14.2 Å². The molecule has 1 aliphatic rings. The highest BCUT2D eigenvalue weighted by Crippen LogP contribution is 2.30. The number of aromatic nitrogens is 2. The number of rotatable bonds is 10. The molecule has 0 aliphatic carbocycles. The molecular weight excluding hydrogens is 465 g/mol. The lowest BCUT2D eigenvalue weighted by Crippen LogP contribution is -2.31. The van der Waals surface area contributed by atoms with Crippen molar-refractivity contribution < 1.29 is 9.18 Å². The maximum atomic E-state index is 14.2. The molecule has 37 heavy (non-hydrogen) atoms. The molecule has 0 saturated carbocycles. The first-order valence-electron chi connectivity index (χ1n) is 12.6. The highest BCUT2D eigenvalue weighted by atomic mass is 19.1. The van der Waals surface area contributed by atoms with E-state index in [1.54, 1.807) is 23.5 Å². The second kappa shape index (κ2) is 11.6. The molecule has 0 radical (unpaired) electrons. The van der Waals surface area contributed by atoms with Crippen LogP contribution in [0.2, 0.25) is 0 Å². The Balaban J connectivity index is 1.36. The number of nitrogens with one attached hydrogen (secondary N) is 1. The Labute approximate surface area is 216 Å².